The summed E-state index contributed by atoms with van der Waals surface area (Å²) in [6, 6.07) is 5.01. The third kappa shape index (κ3) is 3.11. The topological polar surface area (TPSA) is 177 Å². The molecule has 36 heavy (non-hydrogen) atoms. The van der Waals surface area contributed by atoms with E-state index < -0.39 is 52.0 Å². The number of H-pyrrole nitrogens is 1. The van der Waals surface area contributed by atoms with Crippen LogP contribution in [-0.2, 0) is 20.8 Å². The van der Waals surface area contributed by atoms with E-state index >= 15 is 0 Å². The normalized spacial score (nSPS) is 25.4. The van der Waals surface area contributed by atoms with Crippen LogP contribution in [0.5, 0.6) is 5.75 Å². The summed E-state index contributed by atoms with van der Waals surface area (Å²) in [6.45, 7) is 0. The van der Waals surface area contributed by atoms with E-state index in [1.807, 2.05) is 4.90 Å². The van der Waals surface area contributed by atoms with Gasteiger partial charge in [0.05, 0.1) is 11.3 Å². The average molecular weight is 514 g/mol. The van der Waals surface area contributed by atoms with Crippen molar-refractivity contribution < 1.29 is 34.8 Å². The number of hydrogen-bond donors (Lipinski definition) is 6. The molecule has 1 aromatic carbocycles. The monoisotopic (exact) mass is 513 g/mol. The Bertz CT molecular complexity index is 1440. The van der Waals surface area contributed by atoms with Gasteiger partial charge in [-0.3, -0.25) is 14.4 Å². The predicted octanol–water partition coefficient (Wildman–Crippen LogP) is 2.14. The maximum Gasteiger partial charge on any atom is 0.255 e. The van der Waals surface area contributed by atoms with E-state index in [1.54, 1.807) is 32.3 Å². The number of halogens is 1. The highest BCUT2D eigenvalue weighted by atomic mass is 35.5. The van der Waals surface area contributed by atoms with Gasteiger partial charge in [-0.2, -0.15) is 0 Å². The van der Waals surface area contributed by atoms with Gasteiger partial charge in [0.2, 0.25) is 5.78 Å². The largest absolute Gasteiger partial charge is 0.508 e. The number of nitrogens with two attached hydrogens (primary N) is 1. The number of carbonyl (C=O) groups is 3. The van der Waals surface area contributed by atoms with Crippen molar-refractivity contribution in [1.82, 2.24) is 4.98 Å². The number of fused-ring (bicyclic) bond motifs is 3. The quantitative estimate of drug-likeness (QED) is 0.338. The number of phenols is 1. The molecule has 1 aromatic heterocycles. The molecular formula is C25H24ClN3O7. The Kier molecular flexibility index (Phi) is 5.24. The molecule has 0 aliphatic heterocycles. The number of benzene rings is 1. The number of nitrogens with one attached hydrogen (secondary N) is 1. The standard InChI is InChI=1S/C25H24ClN3O7/c1-29(2)14-8-11(13-3-4-16(26)28-13)20(31)18-12(14)6-9-5-10-7-15(30)19(24(27)35)23(34)25(10,36)22(33)17(9)21(18)32/h3-4,8-10,28,31-32,34,36H,5-7H2,1-2H3,(H2,27,35)/t9-,10+,25+/m1/s1. The first kappa shape index (κ1) is 24.0. The molecule has 11 heteroatoms. The molecular weight excluding hydrogens is 490 g/mol. The second kappa shape index (κ2) is 7.87. The number of ketones is 2. The molecule has 1 heterocycles. The number of aliphatic hydroxyl groups is 3. The number of nitrogens with zero attached hydrogens (tertiary/aromatic N) is 1. The van der Waals surface area contributed by atoms with E-state index in [0.717, 1.165) is 0 Å². The van der Waals surface area contributed by atoms with Gasteiger partial charge >= 0.3 is 0 Å². The Labute approximate surface area is 210 Å². The summed E-state index contributed by atoms with van der Waals surface area (Å²) in [5, 5.41) is 45.0. The van der Waals surface area contributed by atoms with Crippen LogP contribution in [0.3, 0.4) is 0 Å². The number of Topliss-reactive ketones (excluding diaryl/α,β-unsaturated/α-hetero) is 2. The van der Waals surface area contributed by atoms with Crippen LogP contribution in [0.2, 0.25) is 5.15 Å². The lowest BCUT2D eigenvalue weighted by atomic mass is 9.59. The summed E-state index contributed by atoms with van der Waals surface area (Å²) in [6.07, 6.45) is -0.0635. The van der Waals surface area contributed by atoms with Crippen LogP contribution >= 0.6 is 11.6 Å². The molecule has 0 unspecified atom stereocenters. The lowest BCUT2D eigenvalue weighted by Gasteiger charge is -2.46. The van der Waals surface area contributed by atoms with E-state index in [0.29, 0.717) is 27.7 Å². The van der Waals surface area contributed by atoms with Crippen LogP contribution in [0.4, 0.5) is 5.69 Å². The van der Waals surface area contributed by atoms with Crippen LogP contribution in [0, 0.1) is 11.8 Å². The maximum absolute atomic E-state index is 13.7. The molecule has 0 spiro atoms. The number of phenolic OH excluding ortho intramolecular Hbond substituents is 1. The fraction of sp³-hybridized carbons (Fsp3) is 0.320. The number of hydrogen-bond acceptors (Lipinski definition) is 8. The minimum absolute atomic E-state index is 0.0223. The maximum atomic E-state index is 13.7. The van der Waals surface area contributed by atoms with Gasteiger partial charge in [-0.15, -0.1) is 0 Å². The van der Waals surface area contributed by atoms with Crippen molar-refractivity contribution in [3.05, 3.63) is 51.4 Å². The fourth-order valence-electron chi connectivity index (χ4n) is 5.80. The molecule has 0 radical (unpaired) electrons. The van der Waals surface area contributed by atoms with E-state index in [4.69, 9.17) is 17.3 Å². The third-order valence-corrected chi connectivity index (χ3v) is 7.68. The number of aromatic amines is 1. The second-order valence-electron chi connectivity index (χ2n) is 9.67. The van der Waals surface area contributed by atoms with Crippen LogP contribution in [0.25, 0.3) is 17.0 Å². The molecule has 188 valence electrons. The van der Waals surface area contributed by atoms with Crippen molar-refractivity contribution in [2.45, 2.75) is 24.9 Å². The summed E-state index contributed by atoms with van der Waals surface area (Å²) < 4.78 is 0. The smallest absolute Gasteiger partial charge is 0.255 e. The van der Waals surface area contributed by atoms with Gasteiger partial charge in [0.1, 0.15) is 28.0 Å². The zero-order valence-electron chi connectivity index (χ0n) is 19.4. The molecule has 3 aliphatic rings. The molecule has 1 fully saturated rings. The van der Waals surface area contributed by atoms with Crippen molar-refractivity contribution >= 4 is 40.5 Å². The molecule has 3 atom stereocenters. The molecule has 10 nitrogen and oxygen atoms in total. The number of amides is 1. The number of anilines is 1. The molecule has 2 aromatic rings. The number of aromatic nitrogens is 1. The first-order valence-corrected chi connectivity index (χ1v) is 11.6. The fourth-order valence-corrected chi connectivity index (χ4v) is 5.96. The Morgan fingerprint density at radius 3 is 2.47 bits per heavy atom. The van der Waals surface area contributed by atoms with Crippen molar-refractivity contribution in [3.8, 4) is 17.0 Å². The van der Waals surface area contributed by atoms with Crippen molar-refractivity contribution in [3.63, 3.8) is 0 Å². The molecule has 1 saturated carbocycles. The summed E-state index contributed by atoms with van der Waals surface area (Å²) in [5.41, 5.74) is 3.72. The van der Waals surface area contributed by atoms with Gasteiger partial charge in [0, 0.05) is 43.3 Å². The lowest BCUT2D eigenvalue weighted by Crippen LogP contribution is -2.58. The molecule has 0 bridgehead atoms. The number of aromatic hydroxyl groups is 1. The highest BCUT2D eigenvalue weighted by Gasteiger charge is 2.60. The van der Waals surface area contributed by atoms with Gasteiger partial charge in [0.15, 0.2) is 11.4 Å². The summed E-state index contributed by atoms with van der Waals surface area (Å²) in [5.74, 6) is -6.59. The van der Waals surface area contributed by atoms with E-state index in [1.165, 1.54) is 0 Å². The molecule has 5 rings (SSSR count). The number of rotatable bonds is 3. The first-order chi connectivity index (χ1) is 16.9. The third-order valence-electron chi connectivity index (χ3n) is 7.46. The summed E-state index contributed by atoms with van der Waals surface area (Å²) >= 11 is 6.02. The molecule has 7 N–H and O–H groups in total. The van der Waals surface area contributed by atoms with Crippen molar-refractivity contribution in [2.75, 3.05) is 19.0 Å². The first-order valence-electron chi connectivity index (χ1n) is 11.3. The van der Waals surface area contributed by atoms with Crippen molar-refractivity contribution in [2.24, 2.45) is 17.6 Å². The average Bonchev–Trinajstić information content (AvgIpc) is 3.21. The zero-order valence-corrected chi connectivity index (χ0v) is 20.2. The highest BCUT2D eigenvalue weighted by Crippen LogP contribution is 2.54. The number of carbonyl (C=O) groups excluding carboxylic acids is 3. The SMILES string of the molecule is CN(C)c1cc(-c2ccc(Cl)[nH]2)c(O)c2c1C[C@H]1C[C@H]3CC(=O)C(C(N)=O)=C(O)[C@@]3(O)C(=O)C1=C2O. The van der Waals surface area contributed by atoms with Crippen LogP contribution < -0.4 is 10.6 Å². The molecule has 1 amide bonds. The minimum atomic E-state index is -2.60. The molecule has 0 saturated heterocycles. The predicted molar refractivity (Wildman–Crippen MR) is 131 cm³/mol. The highest BCUT2D eigenvalue weighted by molar-refractivity contribution is 6.29. The van der Waals surface area contributed by atoms with Crippen molar-refractivity contribution in [1.29, 1.82) is 0 Å². The number of primary amides is 1. The van der Waals surface area contributed by atoms with E-state index in [-0.39, 0.29) is 36.1 Å². The Balaban J connectivity index is 1.75. The van der Waals surface area contributed by atoms with Gasteiger partial charge in [-0.1, -0.05) is 11.6 Å². The van der Waals surface area contributed by atoms with Crippen LogP contribution in [0.1, 0.15) is 24.0 Å². The summed E-state index contributed by atoms with van der Waals surface area (Å²) in [4.78, 5) is 42.7. The number of aliphatic hydroxyl groups excluding tert-OH is 2. The summed E-state index contributed by atoms with van der Waals surface area (Å²) in [7, 11) is 3.60. The van der Waals surface area contributed by atoms with Crippen LogP contribution in [0.15, 0.2) is 35.1 Å². The zero-order chi connectivity index (χ0) is 26.3. The van der Waals surface area contributed by atoms with Crippen LogP contribution in [-0.4, -0.2) is 62.6 Å². The molecule has 3 aliphatic carbocycles. The van der Waals surface area contributed by atoms with Gasteiger partial charge < -0.3 is 36.0 Å². The Morgan fingerprint density at radius 1 is 1.19 bits per heavy atom. The Morgan fingerprint density at radius 2 is 1.89 bits per heavy atom. The van der Waals surface area contributed by atoms with Gasteiger partial charge in [-0.05, 0) is 42.5 Å². The second-order valence-corrected chi connectivity index (χ2v) is 10.1. The van der Waals surface area contributed by atoms with E-state index in [9.17, 15) is 34.8 Å². The Hall–Kier alpha value is -3.76. The van der Waals surface area contributed by atoms with Gasteiger partial charge in [-0.25, -0.2) is 0 Å². The van der Waals surface area contributed by atoms with E-state index in [2.05, 4.69) is 4.98 Å². The minimum Gasteiger partial charge on any atom is -0.508 e. The van der Waals surface area contributed by atoms with Gasteiger partial charge in [0.25, 0.3) is 5.91 Å². The lowest BCUT2D eigenvalue weighted by molar-refractivity contribution is -0.147.